The maximum Gasteiger partial charge on any atom is 0.416 e. The van der Waals surface area contributed by atoms with Gasteiger partial charge in [0, 0.05) is 19.1 Å². The van der Waals surface area contributed by atoms with Crippen LogP contribution in [0.2, 0.25) is 0 Å². The molecule has 0 aliphatic carbocycles. The minimum Gasteiger partial charge on any atom is -0.444 e. The first kappa shape index (κ1) is 22.0. The van der Waals surface area contributed by atoms with Crippen molar-refractivity contribution < 1.29 is 27.5 Å². The molecule has 3 N–H and O–H groups in total. The van der Waals surface area contributed by atoms with E-state index < -0.39 is 29.5 Å². The number of amides is 2. The van der Waals surface area contributed by atoms with Crippen molar-refractivity contribution in [2.45, 2.75) is 57.5 Å². The lowest BCUT2D eigenvalue weighted by Gasteiger charge is -2.21. The fourth-order valence-corrected chi connectivity index (χ4v) is 2.83. The second-order valence-electron chi connectivity index (χ2n) is 7.78. The summed E-state index contributed by atoms with van der Waals surface area (Å²) in [4.78, 5) is 24.0. The largest absolute Gasteiger partial charge is 0.444 e. The average Bonchev–Trinajstić information content (AvgIpc) is 3.01. The minimum atomic E-state index is -4.36. The summed E-state index contributed by atoms with van der Waals surface area (Å²) in [5, 5.41) is 8.53. The zero-order valence-electron chi connectivity index (χ0n) is 16.2. The zero-order valence-corrected chi connectivity index (χ0v) is 16.2. The van der Waals surface area contributed by atoms with E-state index in [4.69, 9.17) is 4.74 Å². The van der Waals surface area contributed by atoms with Gasteiger partial charge in [-0.3, -0.25) is 4.79 Å². The van der Waals surface area contributed by atoms with Gasteiger partial charge < -0.3 is 20.7 Å². The molecule has 2 rings (SSSR count). The number of benzene rings is 1. The normalized spacial score (nSPS) is 19.9. The van der Waals surface area contributed by atoms with E-state index in [-0.39, 0.29) is 11.9 Å². The van der Waals surface area contributed by atoms with Gasteiger partial charge in [-0.1, -0.05) is 12.1 Å². The van der Waals surface area contributed by atoms with Gasteiger partial charge >= 0.3 is 12.3 Å². The molecule has 1 unspecified atom stereocenters. The number of carbonyl (C=O) groups is 2. The second kappa shape index (κ2) is 8.81. The third kappa shape index (κ3) is 7.03. The number of alkyl halides is 3. The van der Waals surface area contributed by atoms with E-state index in [1.54, 1.807) is 20.8 Å². The first-order valence-corrected chi connectivity index (χ1v) is 9.11. The smallest absolute Gasteiger partial charge is 0.416 e. The van der Waals surface area contributed by atoms with Crippen molar-refractivity contribution in [1.82, 2.24) is 16.0 Å². The van der Waals surface area contributed by atoms with Gasteiger partial charge in [0.05, 0.1) is 11.6 Å². The van der Waals surface area contributed by atoms with Crippen LogP contribution in [0.25, 0.3) is 0 Å². The molecular formula is C19H26F3N3O3. The van der Waals surface area contributed by atoms with Crippen LogP contribution >= 0.6 is 0 Å². The number of carbonyl (C=O) groups excluding carboxylic acids is 2. The molecule has 1 saturated heterocycles. The lowest BCUT2D eigenvalue weighted by atomic mass is 10.1. The molecule has 0 spiro atoms. The lowest BCUT2D eigenvalue weighted by molar-refractivity contribution is -0.137. The van der Waals surface area contributed by atoms with Crippen LogP contribution in [0.3, 0.4) is 0 Å². The first-order chi connectivity index (χ1) is 12.9. The molecule has 2 atom stereocenters. The predicted molar refractivity (Wildman–Crippen MR) is 97.7 cm³/mol. The molecule has 28 heavy (non-hydrogen) atoms. The van der Waals surface area contributed by atoms with Crippen molar-refractivity contribution in [3.63, 3.8) is 0 Å². The van der Waals surface area contributed by atoms with Crippen LogP contribution < -0.4 is 16.0 Å². The summed E-state index contributed by atoms with van der Waals surface area (Å²) in [7, 11) is 0. The van der Waals surface area contributed by atoms with E-state index in [0.717, 1.165) is 12.1 Å². The van der Waals surface area contributed by atoms with E-state index >= 15 is 0 Å². The monoisotopic (exact) mass is 401 g/mol. The summed E-state index contributed by atoms with van der Waals surface area (Å²) >= 11 is 0. The molecule has 0 saturated carbocycles. The SMILES string of the molecule is CC(C)(C)OC(=O)N[C@H]1CNC(C(=O)NCCc2ccc(C(F)(F)F)cc2)C1. The minimum absolute atomic E-state index is 0.208. The quantitative estimate of drug-likeness (QED) is 0.709. The number of rotatable bonds is 5. The van der Waals surface area contributed by atoms with Gasteiger partial charge in [-0.05, 0) is 51.3 Å². The molecule has 1 heterocycles. The molecule has 1 aromatic rings. The fraction of sp³-hybridized carbons (Fsp3) is 0.579. The summed E-state index contributed by atoms with van der Waals surface area (Å²) in [5.41, 5.74) is -0.582. The third-order valence-corrected chi connectivity index (χ3v) is 4.16. The summed E-state index contributed by atoms with van der Waals surface area (Å²) < 4.78 is 42.8. The van der Waals surface area contributed by atoms with E-state index in [1.165, 1.54) is 12.1 Å². The molecule has 1 aliphatic rings. The van der Waals surface area contributed by atoms with Crippen molar-refractivity contribution >= 4 is 12.0 Å². The highest BCUT2D eigenvalue weighted by Crippen LogP contribution is 2.29. The predicted octanol–water partition coefficient (Wildman–Crippen LogP) is 2.62. The molecule has 0 aromatic heterocycles. The van der Waals surface area contributed by atoms with Gasteiger partial charge in [-0.15, -0.1) is 0 Å². The Bertz CT molecular complexity index is 684. The van der Waals surface area contributed by atoms with Gasteiger partial charge in [0.1, 0.15) is 5.60 Å². The average molecular weight is 401 g/mol. The molecule has 1 fully saturated rings. The van der Waals surface area contributed by atoms with E-state index in [1.807, 2.05) is 0 Å². The maximum absolute atomic E-state index is 12.5. The summed E-state index contributed by atoms with van der Waals surface area (Å²) in [6.07, 6.45) is -4.02. The molecular weight excluding hydrogens is 375 g/mol. The highest BCUT2D eigenvalue weighted by atomic mass is 19.4. The van der Waals surface area contributed by atoms with Gasteiger partial charge in [0.15, 0.2) is 0 Å². The Morgan fingerprint density at radius 2 is 1.82 bits per heavy atom. The fourth-order valence-electron chi connectivity index (χ4n) is 2.83. The molecule has 1 aromatic carbocycles. The zero-order chi connectivity index (χ0) is 20.9. The molecule has 1 aliphatic heterocycles. The number of hydrogen-bond donors (Lipinski definition) is 3. The van der Waals surface area contributed by atoms with Crippen LogP contribution in [0, 0.1) is 0 Å². The number of halogens is 3. The number of ether oxygens (including phenoxy) is 1. The Hall–Kier alpha value is -2.29. The van der Waals surface area contributed by atoms with E-state index in [0.29, 0.717) is 31.5 Å². The van der Waals surface area contributed by atoms with E-state index in [2.05, 4.69) is 16.0 Å². The molecule has 9 heteroatoms. The van der Waals surface area contributed by atoms with Crippen molar-refractivity contribution in [1.29, 1.82) is 0 Å². The van der Waals surface area contributed by atoms with Crippen LogP contribution in [-0.2, 0) is 22.1 Å². The summed E-state index contributed by atoms with van der Waals surface area (Å²) in [6.45, 7) is 6.08. The molecule has 0 radical (unpaired) electrons. The third-order valence-electron chi connectivity index (χ3n) is 4.16. The van der Waals surface area contributed by atoms with Crippen molar-refractivity contribution in [2.24, 2.45) is 0 Å². The van der Waals surface area contributed by atoms with Crippen molar-refractivity contribution in [3.05, 3.63) is 35.4 Å². The number of nitrogens with one attached hydrogen (secondary N) is 3. The van der Waals surface area contributed by atoms with Gasteiger partial charge in [-0.2, -0.15) is 13.2 Å². The topological polar surface area (TPSA) is 79.5 Å². The van der Waals surface area contributed by atoms with Gasteiger partial charge in [0.2, 0.25) is 5.91 Å². The van der Waals surface area contributed by atoms with Crippen LogP contribution in [0.5, 0.6) is 0 Å². The van der Waals surface area contributed by atoms with Crippen LogP contribution in [-0.4, -0.2) is 42.8 Å². The Balaban J connectivity index is 1.72. The Morgan fingerprint density at radius 3 is 2.39 bits per heavy atom. The standard InChI is InChI=1S/C19H26F3N3O3/c1-18(2,3)28-17(27)25-14-10-15(24-11-14)16(26)23-9-8-12-4-6-13(7-5-12)19(20,21)22/h4-7,14-15,24H,8-11H2,1-3H3,(H,23,26)(H,25,27)/t14-,15?/m1/s1. The summed E-state index contributed by atoms with van der Waals surface area (Å²) in [5.74, 6) is -0.208. The van der Waals surface area contributed by atoms with Gasteiger partial charge in [0.25, 0.3) is 0 Å². The van der Waals surface area contributed by atoms with E-state index in [9.17, 15) is 22.8 Å². The van der Waals surface area contributed by atoms with Crippen LogP contribution in [0.15, 0.2) is 24.3 Å². The Morgan fingerprint density at radius 1 is 1.18 bits per heavy atom. The number of alkyl carbamates (subject to hydrolysis) is 1. The van der Waals surface area contributed by atoms with Crippen molar-refractivity contribution in [2.75, 3.05) is 13.1 Å². The second-order valence-corrected chi connectivity index (χ2v) is 7.78. The van der Waals surface area contributed by atoms with Crippen molar-refractivity contribution in [3.8, 4) is 0 Å². The van der Waals surface area contributed by atoms with Gasteiger partial charge in [-0.25, -0.2) is 4.79 Å². The highest BCUT2D eigenvalue weighted by molar-refractivity contribution is 5.82. The Kier molecular flexibility index (Phi) is 6.92. The lowest BCUT2D eigenvalue weighted by Crippen LogP contribution is -2.41. The highest BCUT2D eigenvalue weighted by Gasteiger charge is 2.31. The Labute approximate surface area is 162 Å². The van der Waals surface area contributed by atoms with Crippen LogP contribution in [0.1, 0.15) is 38.3 Å². The maximum atomic E-state index is 12.5. The first-order valence-electron chi connectivity index (χ1n) is 9.11. The van der Waals surface area contributed by atoms with Crippen LogP contribution in [0.4, 0.5) is 18.0 Å². The molecule has 2 amide bonds. The number of hydrogen-bond acceptors (Lipinski definition) is 4. The molecule has 156 valence electrons. The molecule has 6 nitrogen and oxygen atoms in total. The molecule has 0 bridgehead atoms. The summed E-state index contributed by atoms with van der Waals surface area (Å²) in [6, 6.07) is 4.23.